The first-order chi connectivity index (χ1) is 5.78. The third-order valence-corrected chi connectivity index (χ3v) is 2.63. The van der Waals surface area contributed by atoms with Crippen molar-refractivity contribution < 1.29 is 23.8 Å². The van der Waals surface area contributed by atoms with Crippen LogP contribution in [0.25, 0.3) is 0 Å². The third kappa shape index (κ3) is 1.80. The molecule has 0 spiro atoms. The molecule has 0 aromatic rings. The van der Waals surface area contributed by atoms with E-state index in [2.05, 4.69) is 0 Å². The molecule has 1 aliphatic carbocycles. The van der Waals surface area contributed by atoms with Gasteiger partial charge < -0.3 is 10.2 Å². The van der Waals surface area contributed by atoms with Crippen molar-refractivity contribution in [3.8, 4) is 0 Å². The summed E-state index contributed by atoms with van der Waals surface area (Å²) in [4.78, 5) is 10.7. The van der Waals surface area contributed by atoms with E-state index in [4.69, 9.17) is 5.11 Å². The SMILES string of the molecule is C[C@]1(C(=O)O)CC(F)(F)CCC1O. The molecular formula is C8H12F2O3. The second-order valence-corrected chi connectivity index (χ2v) is 3.81. The number of halogens is 2. The van der Waals surface area contributed by atoms with Gasteiger partial charge in [-0.05, 0) is 13.3 Å². The van der Waals surface area contributed by atoms with Crippen molar-refractivity contribution in [3.05, 3.63) is 0 Å². The van der Waals surface area contributed by atoms with Gasteiger partial charge in [-0.15, -0.1) is 0 Å². The van der Waals surface area contributed by atoms with E-state index in [1.165, 1.54) is 0 Å². The zero-order valence-electron chi connectivity index (χ0n) is 7.26. The number of aliphatic hydroxyl groups is 1. The summed E-state index contributed by atoms with van der Waals surface area (Å²) < 4.78 is 25.7. The van der Waals surface area contributed by atoms with Crippen molar-refractivity contribution in [2.24, 2.45) is 5.41 Å². The lowest BCUT2D eigenvalue weighted by molar-refractivity contribution is -0.176. The molecule has 0 saturated heterocycles. The lowest BCUT2D eigenvalue weighted by atomic mass is 9.72. The molecular weight excluding hydrogens is 182 g/mol. The molecule has 2 N–H and O–H groups in total. The molecule has 0 radical (unpaired) electrons. The molecule has 3 nitrogen and oxygen atoms in total. The summed E-state index contributed by atoms with van der Waals surface area (Å²) in [5, 5.41) is 18.0. The minimum absolute atomic E-state index is 0.157. The summed E-state index contributed by atoms with van der Waals surface area (Å²) in [6.07, 6.45) is -2.55. The minimum atomic E-state index is -2.97. The molecule has 1 unspecified atom stereocenters. The van der Waals surface area contributed by atoms with E-state index in [0.717, 1.165) is 6.92 Å². The number of carboxylic acids is 1. The van der Waals surface area contributed by atoms with Crippen LogP contribution < -0.4 is 0 Å². The van der Waals surface area contributed by atoms with Gasteiger partial charge in [0.05, 0.1) is 11.5 Å². The summed E-state index contributed by atoms with van der Waals surface area (Å²) in [7, 11) is 0. The van der Waals surface area contributed by atoms with E-state index >= 15 is 0 Å². The number of alkyl halides is 2. The zero-order chi connectivity index (χ0) is 10.3. The first kappa shape index (κ1) is 10.4. The van der Waals surface area contributed by atoms with Gasteiger partial charge in [0.2, 0.25) is 5.92 Å². The molecule has 1 aliphatic rings. The summed E-state index contributed by atoms with van der Waals surface area (Å²) in [6.45, 7) is 1.16. The lowest BCUT2D eigenvalue weighted by Gasteiger charge is -2.38. The van der Waals surface area contributed by atoms with Crippen molar-refractivity contribution in [1.82, 2.24) is 0 Å². The molecule has 2 atom stereocenters. The fourth-order valence-electron chi connectivity index (χ4n) is 1.63. The fraction of sp³-hybridized carbons (Fsp3) is 0.875. The van der Waals surface area contributed by atoms with Gasteiger partial charge in [0.1, 0.15) is 0 Å². The molecule has 0 aromatic heterocycles. The standard InChI is InChI=1S/C8H12F2O3/c1-7(6(12)13)4-8(9,10)3-2-5(7)11/h5,11H,2-4H2,1H3,(H,12,13)/t5?,7-/m0/s1. The predicted molar refractivity (Wildman–Crippen MR) is 40.5 cm³/mol. The Bertz CT molecular complexity index is 229. The Morgan fingerprint density at radius 1 is 1.54 bits per heavy atom. The van der Waals surface area contributed by atoms with Crippen LogP contribution in [0.3, 0.4) is 0 Å². The molecule has 0 heterocycles. The second-order valence-electron chi connectivity index (χ2n) is 3.81. The van der Waals surface area contributed by atoms with Gasteiger partial charge in [-0.3, -0.25) is 4.79 Å². The summed E-state index contributed by atoms with van der Waals surface area (Å²) >= 11 is 0. The highest BCUT2D eigenvalue weighted by molar-refractivity contribution is 5.75. The van der Waals surface area contributed by atoms with Gasteiger partial charge in [0.15, 0.2) is 0 Å². The van der Waals surface area contributed by atoms with E-state index in [0.29, 0.717) is 0 Å². The van der Waals surface area contributed by atoms with Crippen molar-refractivity contribution in [1.29, 1.82) is 0 Å². The molecule has 0 amide bonds. The summed E-state index contributed by atoms with van der Waals surface area (Å²) in [6, 6.07) is 0. The van der Waals surface area contributed by atoms with Crippen LogP contribution in [0.1, 0.15) is 26.2 Å². The Labute approximate surface area is 74.4 Å². The molecule has 0 bridgehead atoms. The van der Waals surface area contributed by atoms with E-state index in [-0.39, 0.29) is 6.42 Å². The fourth-order valence-corrected chi connectivity index (χ4v) is 1.63. The average molecular weight is 194 g/mol. The maximum absolute atomic E-state index is 12.9. The molecule has 76 valence electrons. The quantitative estimate of drug-likeness (QED) is 0.660. The van der Waals surface area contributed by atoms with Gasteiger partial charge in [-0.2, -0.15) is 0 Å². The second kappa shape index (κ2) is 2.90. The van der Waals surface area contributed by atoms with Gasteiger partial charge in [0.25, 0.3) is 0 Å². The summed E-state index contributed by atoms with van der Waals surface area (Å²) in [5.41, 5.74) is -1.71. The monoisotopic (exact) mass is 194 g/mol. The van der Waals surface area contributed by atoms with Crippen LogP contribution in [-0.4, -0.2) is 28.2 Å². The number of aliphatic carboxylic acids is 1. The van der Waals surface area contributed by atoms with Crippen molar-refractivity contribution >= 4 is 5.97 Å². The average Bonchev–Trinajstić information content (AvgIpc) is 1.97. The first-order valence-corrected chi connectivity index (χ1v) is 4.07. The van der Waals surface area contributed by atoms with E-state index in [1.807, 2.05) is 0 Å². The maximum Gasteiger partial charge on any atom is 0.312 e. The zero-order valence-corrected chi connectivity index (χ0v) is 7.26. The smallest absolute Gasteiger partial charge is 0.312 e. The van der Waals surface area contributed by atoms with Crippen LogP contribution in [0, 0.1) is 5.41 Å². The van der Waals surface area contributed by atoms with Crippen LogP contribution in [0.5, 0.6) is 0 Å². The van der Waals surface area contributed by atoms with Gasteiger partial charge in [-0.25, -0.2) is 8.78 Å². The van der Waals surface area contributed by atoms with Gasteiger partial charge in [0, 0.05) is 12.8 Å². The van der Waals surface area contributed by atoms with E-state index in [1.54, 1.807) is 0 Å². The highest BCUT2D eigenvalue weighted by atomic mass is 19.3. The van der Waals surface area contributed by atoms with Crippen LogP contribution in [0.2, 0.25) is 0 Å². The Morgan fingerprint density at radius 2 is 2.08 bits per heavy atom. The molecule has 1 saturated carbocycles. The molecule has 1 rings (SSSR count). The van der Waals surface area contributed by atoms with Gasteiger partial charge >= 0.3 is 5.97 Å². The Morgan fingerprint density at radius 3 is 2.46 bits per heavy atom. The van der Waals surface area contributed by atoms with Crippen LogP contribution in [0.15, 0.2) is 0 Å². The minimum Gasteiger partial charge on any atom is -0.481 e. The highest BCUT2D eigenvalue weighted by Crippen LogP contribution is 2.44. The molecule has 0 aliphatic heterocycles. The van der Waals surface area contributed by atoms with Crippen LogP contribution >= 0.6 is 0 Å². The summed E-state index contributed by atoms with van der Waals surface area (Å²) in [5.74, 6) is -4.33. The lowest BCUT2D eigenvalue weighted by Crippen LogP contribution is -2.48. The molecule has 5 heteroatoms. The van der Waals surface area contributed by atoms with Crippen LogP contribution in [0.4, 0.5) is 8.78 Å². The van der Waals surface area contributed by atoms with E-state index < -0.39 is 36.3 Å². The Hall–Kier alpha value is -0.710. The number of carboxylic acid groups (broad SMARTS) is 1. The largest absolute Gasteiger partial charge is 0.481 e. The highest BCUT2D eigenvalue weighted by Gasteiger charge is 2.52. The molecule has 1 fully saturated rings. The number of carbonyl (C=O) groups is 1. The Kier molecular flexibility index (Phi) is 2.32. The maximum atomic E-state index is 12.9. The van der Waals surface area contributed by atoms with Crippen molar-refractivity contribution in [2.45, 2.75) is 38.2 Å². The number of hydrogen-bond donors (Lipinski definition) is 2. The predicted octanol–water partition coefficient (Wildman–Crippen LogP) is 1.26. The third-order valence-electron chi connectivity index (χ3n) is 2.63. The van der Waals surface area contributed by atoms with Crippen molar-refractivity contribution in [3.63, 3.8) is 0 Å². The normalized spacial score (nSPS) is 38.6. The topological polar surface area (TPSA) is 57.5 Å². The number of hydrogen-bond acceptors (Lipinski definition) is 2. The molecule has 13 heavy (non-hydrogen) atoms. The van der Waals surface area contributed by atoms with Crippen LogP contribution in [-0.2, 0) is 4.79 Å². The van der Waals surface area contributed by atoms with E-state index in [9.17, 15) is 18.7 Å². The number of aliphatic hydroxyl groups excluding tert-OH is 1. The van der Waals surface area contributed by atoms with Crippen molar-refractivity contribution in [2.75, 3.05) is 0 Å². The molecule has 0 aromatic carbocycles. The Balaban J connectivity index is 2.88. The first-order valence-electron chi connectivity index (χ1n) is 4.07. The number of rotatable bonds is 1. The van der Waals surface area contributed by atoms with Gasteiger partial charge in [-0.1, -0.05) is 0 Å².